The van der Waals surface area contributed by atoms with Gasteiger partial charge in [0, 0.05) is 11.9 Å². The number of benzene rings is 1. The third kappa shape index (κ3) is 5.02. The third-order valence-electron chi connectivity index (χ3n) is 6.50. The molecular weight excluding hydrogens is 538 g/mol. The van der Waals surface area contributed by atoms with Gasteiger partial charge >= 0.3 is 0 Å². The van der Waals surface area contributed by atoms with Crippen molar-refractivity contribution in [1.82, 2.24) is 29.5 Å². The molecule has 0 amide bonds. The number of aliphatic hydroxyl groups excluding tert-OH is 1. The molecule has 2 fully saturated rings. The molecule has 2 aliphatic rings. The molecule has 2 saturated heterocycles. The van der Waals surface area contributed by atoms with Gasteiger partial charge in [0.05, 0.1) is 54.3 Å². The number of hydrogen-bond acceptors (Lipinski definition) is 10. The highest BCUT2D eigenvalue weighted by molar-refractivity contribution is 7.88. The summed E-state index contributed by atoms with van der Waals surface area (Å²) in [6, 6.07) is 9.69. The van der Waals surface area contributed by atoms with E-state index in [1.807, 2.05) is 24.3 Å². The molecule has 6 rings (SSSR count). The summed E-state index contributed by atoms with van der Waals surface area (Å²) in [5, 5.41) is 19.2. The Kier molecular flexibility index (Phi) is 6.62. The summed E-state index contributed by atoms with van der Waals surface area (Å²) in [5.41, 5.74) is 2.67. The van der Waals surface area contributed by atoms with Crippen LogP contribution in [0.4, 0.5) is 5.82 Å². The zero-order chi connectivity index (χ0) is 26.4. The first kappa shape index (κ1) is 25.3. The summed E-state index contributed by atoms with van der Waals surface area (Å²) < 4.78 is 44.2. The molecule has 4 N–H and O–H groups in total. The highest BCUT2D eigenvalue weighted by Crippen LogP contribution is 2.31. The Bertz CT molecular complexity index is 1590. The average Bonchev–Trinajstić information content (AvgIpc) is 3.62. The van der Waals surface area contributed by atoms with E-state index < -0.39 is 28.3 Å². The van der Waals surface area contributed by atoms with Gasteiger partial charge in [-0.25, -0.2) is 18.1 Å². The van der Waals surface area contributed by atoms with Crippen molar-refractivity contribution >= 4 is 49.5 Å². The Balaban J connectivity index is 1.17. The second-order valence-electron chi connectivity index (χ2n) is 9.26. The van der Waals surface area contributed by atoms with Crippen molar-refractivity contribution in [2.75, 3.05) is 31.3 Å². The molecule has 15 heteroatoms. The molecule has 0 spiro atoms. The molecule has 2 aliphatic heterocycles. The van der Waals surface area contributed by atoms with E-state index in [0.717, 1.165) is 22.9 Å². The Morgan fingerprint density at radius 2 is 2.05 bits per heavy atom. The van der Waals surface area contributed by atoms with Crippen LogP contribution in [-0.2, 0) is 32.6 Å². The van der Waals surface area contributed by atoms with Crippen LogP contribution in [0.25, 0.3) is 22.1 Å². The first-order valence-electron chi connectivity index (χ1n) is 12.0. The Morgan fingerprint density at radius 3 is 2.89 bits per heavy atom. The molecule has 0 unspecified atom stereocenters. The standard InChI is InChI=1S/C23H26ClN7O6S/c1-38(33,34)26-6-7-31-16-5-3-2-4-12(16)15(30-31)9-25-21-13(24)8-14-22(28-21)29-23(27-14)37-18-11-36-19-17(32)10-35-20(18)19/h2-5,8,17-20,26,32H,6-7,9-11H2,1H3,(H2,25,27,28,29)/t17-,18-,19-,20-/m1/s1. The second-order valence-corrected chi connectivity index (χ2v) is 11.5. The van der Waals surface area contributed by atoms with E-state index in [0.29, 0.717) is 35.1 Å². The van der Waals surface area contributed by atoms with Crippen molar-refractivity contribution in [1.29, 1.82) is 0 Å². The molecular formula is C23H26ClN7O6S. The van der Waals surface area contributed by atoms with E-state index in [1.54, 1.807) is 10.7 Å². The number of ether oxygens (including phenoxy) is 3. The van der Waals surface area contributed by atoms with Crippen LogP contribution in [0.1, 0.15) is 5.69 Å². The molecule has 0 bridgehead atoms. The summed E-state index contributed by atoms with van der Waals surface area (Å²) in [7, 11) is -3.29. The lowest BCUT2D eigenvalue weighted by atomic mass is 10.1. The van der Waals surface area contributed by atoms with Crippen molar-refractivity contribution in [2.24, 2.45) is 0 Å². The molecule has 3 aromatic heterocycles. The molecule has 13 nitrogen and oxygen atoms in total. The van der Waals surface area contributed by atoms with E-state index in [2.05, 4.69) is 30.1 Å². The highest BCUT2D eigenvalue weighted by Gasteiger charge is 2.48. The van der Waals surface area contributed by atoms with Crippen molar-refractivity contribution in [2.45, 2.75) is 37.5 Å². The van der Waals surface area contributed by atoms with E-state index in [1.165, 1.54) is 0 Å². The van der Waals surface area contributed by atoms with Gasteiger partial charge in [-0.3, -0.25) is 4.68 Å². The first-order chi connectivity index (χ1) is 18.2. The van der Waals surface area contributed by atoms with Gasteiger partial charge in [0.2, 0.25) is 10.0 Å². The van der Waals surface area contributed by atoms with Crippen LogP contribution in [0, 0.1) is 0 Å². The fourth-order valence-electron chi connectivity index (χ4n) is 4.77. The number of aromatic nitrogens is 5. The molecule has 202 valence electrons. The Labute approximate surface area is 222 Å². The number of fused-ring (bicyclic) bond motifs is 3. The SMILES string of the molecule is CS(=O)(=O)NCCn1nc(CNc2nc3nc(O[C@@H]4CO[C@H]5[C@@H]4OC[C@H]5O)[nH]c3cc2Cl)c2ccccc21. The summed E-state index contributed by atoms with van der Waals surface area (Å²) in [4.78, 5) is 12.1. The van der Waals surface area contributed by atoms with Crippen molar-refractivity contribution < 1.29 is 27.7 Å². The lowest BCUT2D eigenvalue weighted by Gasteiger charge is -2.15. The van der Waals surface area contributed by atoms with E-state index in [9.17, 15) is 13.5 Å². The monoisotopic (exact) mass is 563 g/mol. The summed E-state index contributed by atoms with van der Waals surface area (Å²) >= 11 is 6.50. The number of halogens is 1. The molecule has 0 aliphatic carbocycles. The van der Waals surface area contributed by atoms with Crippen LogP contribution < -0.4 is 14.8 Å². The number of imidazole rings is 1. The summed E-state index contributed by atoms with van der Waals surface area (Å²) in [5.74, 6) is 0.432. The van der Waals surface area contributed by atoms with E-state index >= 15 is 0 Å². The third-order valence-corrected chi connectivity index (χ3v) is 7.51. The highest BCUT2D eigenvalue weighted by atomic mass is 35.5. The number of anilines is 1. The maximum absolute atomic E-state index is 11.4. The topological polar surface area (TPSA) is 166 Å². The van der Waals surface area contributed by atoms with Gasteiger partial charge in [-0.1, -0.05) is 29.8 Å². The first-order valence-corrected chi connectivity index (χ1v) is 14.3. The summed E-state index contributed by atoms with van der Waals surface area (Å²) in [6.45, 7) is 1.45. The largest absolute Gasteiger partial charge is 0.456 e. The number of aromatic amines is 1. The van der Waals surface area contributed by atoms with Gasteiger partial charge in [0.25, 0.3) is 6.01 Å². The number of hydrogen-bond donors (Lipinski definition) is 4. The van der Waals surface area contributed by atoms with Gasteiger partial charge < -0.3 is 29.6 Å². The van der Waals surface area contributed by atoms with Crippen molar-refractivity contribution in [3.8, 4) is 6.01 Å². The zero-order valence-corrected chi connectivity index (χ0v) is 21.9. The number of aliphatic hydroxyl groups is 1. The number of sulfonamides is 1. The minimum absolute atomic E-state index is 0.215. The van der Waals surface area contributed by atoms with Gasteiger partial charge in [-0.05, 0) is 12.1 Å². The second kappa shape index (κ2) is 9.94. The molecule has 0 radical (unpaired) electrons. The molecule has 4 atom stereocenters. The smallest absolute Gasteiger partial charge is 0.296 e. The molecule has 4 aromatic rings. The van der Waals surface area contributed by atoms with Crippen LogP contribution in [-0.4, -0.2) is 88.7 Å². The minimum Gasteiger partial charge on any atom is -0.456 e. The Hall–Kier alpha value is -3.01. The lowest BCUT2D eigenvalue weighted by molar-refractivity contribution is 0.00706. The van der Waals surface area contributed by atoms with Crippen molar-refractivity contribution in [3.63, 3.8) is 0 Å². The maximum Gasteiger partial charge on any atom is 0.296 e. The predicted octanol–water partition coefficient (Wildman–Crippen LogP) is 1.03. The van der Waals surface area contributed by atoms with Gasteiger partial charge in [0.15, 0.2) is 11.8 Å². The van der Waals surface area contributed by atoms with Gasteiger partial charge in [0.1, 0.15) is 24.1 Å². The van der Waals surface area contributed by atoms with E-state index in [-0.39, 0.29) is 31.9 Å². The maximum atomic E-state index is 11.4. The lowest BCUT2D eigenvalue weighted by Crippen LogP contribution is -2.34. The fraction of sp³-hybridized carbons (Fsp3) is 0.435. The van der Waals surface area contributed by atoms with Crippen LogP contribution in [0.3, 0.4) is 0 Å². The average molecular weight is 564 g/mol. The van der Waals surface area contributed by atoms with Crippen molar-refractivity contribution in [3.05, 3.63) is 41.0 Å². The summed E-state index contributed by atoms with van der Waals surface area (Å²) in [6.07, 6.45) is -0.695. The van der Waals surface area contributed by atoms with Gasteiger partial charge in [-0.2, -0.15) is 10.1 Å². The van der Waals surface area contributed by atoms with Crippen LogP contribution in [0.2, 0.25) is 5.02 Å². The normalized spacial score (nSPS) is 23.3. The molecule has 38 heavy (non-hydrogen) atoms. The zero-order valence-electron chi connectivity index (χ0n) is 20.3. The number of pyridine rings is 1. The fourth-order valence-corrected chi connectivity index (χ4v) is 5.45. The number of nitrogens with zero attached hydrogens (tertiary/aromatic N) is 4. The number of rotatable bonds is 9. The van der Waals surface area contributed by atoms with Gasteiger partial charge in [-0.15, -0.1) is 0 Å². The van der Waals surface area contributed by atoms with Crippen LogP contribution >= 0.6 is 11.6 Å². The number of para-hydroxylation sites is 1. The molecule has 5 heterocycles. The quantitative estimate of drug-likeness (QED) is 0.231. The number of nitrogens with one attached hydrogen (secondary N) is 3. The predicted molar refractivity (Wildman–Crippen MR) is 139 cm³/mol. The molecule has 1 aromatic carbocycles. The Morgan fingerprint density at radius 1 is 1.24 bits per heavy atom. The molecule has 0 saturated carbocycles. The van der Waals surface area contributed by atoms with Crippen LogP contribution in [0.5, 0.6) is 6.01 Å². The number of H-pyrrole nitrogens is 1. The van der Waals surface area contributed by atoms with Crippen LogP contribution in [0.15, 0.2) is 30.3 Å². The van der Waals surface area contributed by atoms with E-state index in [4.69, 9.17) is 25.8 Å². The minimum atomic E-state index is -3.29.